The molecule has 0 radical (unpaired) electrons. The van der Waals surface area contributed by atoms with Crippen LogP contribution in [0.4, 0.5) is 5.82 Å². The highest BCUT2D eigenvalue weighted by atomic mass is 32.1. The van der Waals surface area contributed by atoms with E-state index in [0.29, 0.717) is 4.96 Å². The molecule has 0 spiro atoms. The van der Waals surface area contributed by atoms with E-state index in [1.165, 1.54) is 5.38 Å². The summed E-state index contributed by atoms with van der Waals surface area (Å²) >= 11 is 1.13. The molecule has 0 aliphatic heterocycles. The van der Waals surface area contributed by atoms with Gasteiger partial charge in [0, 0.05) is 5.21 Å². The maximum atomic E-state index is 10.3. The quantitative estimate of drug-likeness (QED) is 0.448. The van der Waals surface area contributed by atoms with E-state index < -0.39 is 4.92 Å². The Bertz CT molecular complexity index is 404. The van der Waals surface area contributed by atoms with E-state index in [9.17, 15) is 10.1 Å². The molecule has 2 heterocycles. The average molecular weight is 171 g/mol. The van der Waals surface area contributed by atoms with E-state index in [1.807, 2.05) is 0 Å². The lowest BCUT2D eigenvalue weighted by molar-refractivity contribution is -0.390. The molecule has 0 saturated carbocycles. The summed E-state index contributed by atoms with van der Waals surface area (Å²) in [7, 11) is 0. The largest absolute Gasteiger partial charge is 0.362 e. The minimum Gasteiger partial charge on any atom is -0.358 e. The van der Waals surface area contributed by atoms with E-state index in [1.54, 1.807) is 0 Å². The van der Waals surface area contributed by atoms with Gasteiger partial charge in [0.15, 0.2) is 0 Å². The van der Waals surface area contributed by atoms with Crippen LogP contribution in [0.1, 0.15) is 0 Å². The van der Waals surface area contributed by atoms with Crippen molar-refractivity contribution < 1.29 is 4.92 Å². The molecule has 0 unspecified atom stereocenters. The number of fused-ring (bicyclic) bond motifs is 1. The van der Waals surface area contributed by atoms with E-state index in [-0.39, 0.29) is 5.82 Å². The fourth-order valence-electron chi connectivity index (χ4n) is 0.672. The molecule has 2 aromatic rings. The zero-order chi connectivity index (χ0) is 7.84. The predicted molar refractivity (Wildman–Crippen MR) is 35.3 cm³/mol. The molecule has 2 rings (SSSR count). The third-order valence-electron chi connectivity index (χ3n) is 1.11. The van der Waals surface area contributed by atoms with E-state index >= 15 is 0 Å². The fraction of sp³-hybridized carbons (Fsp3) is 0. The van der Waals surface area contributed by atoms with Crippen LogP contribution in [-0.4, -0.2) is 25.0 Å². The fourth-order valence-corrected chi connectivity index (χ4v) is 1.38. The van der Waals surface area contributed by atoms with Crippen LogP contribution >= 0.6 is 11.3 Å². The molecule has 11 heavy (non-hydrogen) atoms. The molecule has 0 bridgehead atoms. The molecular weight excluding hydrogens is 170 g/mol. The van der Waals surface area contributed by atoms with Crippen molar-refractivity contribution in [3.05, 3.63) is 15.5 Å². The van der Waals surface area contributed by atoms with Gasteiger partial charge in [-0.3, -0.25) is 0 Å². The molecule has 8 heteroatoms. The van der Waals surface area contributed by atoms with Gasteiger partial charge in [-0.2, -0.15) is 0 Å². The zero-order valence-corrected chi connectivity index (χ0v) is 5.85. The third-order valence-corrected chi connectivity index (χ3v) is 1.91. The topological polar surface area (TPSA) is 86.2 Å². The van der Waals surface area contributed by atoms with Crippen LogP contribution in [-0.2, 0) is 0 Å². The van der Waals surface area contributed by atoms with Gasteiger partial charge in [0.05, 0.1) is 10.6 Å². The van der Waals surface area contributed by atoms with E-state index in [2.05, 4.69) is 15.5 Å². The summed E-state index contributed by atoms with van der Waals surface area (Å²) in [4.78, 5) is 10.2. The summed E-state index contributed by atoms with van der Waals surface area (Å²) in [5, 5.41) is 21.9. The van der Waals surface area contributed by atoms with Gasteiger partial charge >= 0.3 is 10.8 Å². The molecule has 0 aromatic carbocycles. The predicted octanol–water partition coefficient (Wildman–Crippen LogP) is 0.0940. The minimum atomic E-state index is -0.528. The van der Waals surface area contributed by atoms with Crippen molar-refractivity contribution in [2.24, 2.45) is 0 Å². The first-order chi connectivity index (χ1) is 5.29. The summed E-state index contributed by atoms with van der Waals surface area (Å²) in [6.45, 7) is 0. The SMILES string of the molecule is O=[N+]([O-])c1csc2nnnn12. The number of rotatable bonds is 1. The molecule has 7 nitrogen and oxygen atoms in total. The third kappa shape index (κ3) is 0.759. The Morgan fingerprint density at radius 2 is 2.55 bits per heavy atom. The normalized spacial score (nSPS) is 10.5. The lowest BCUT2D eigenvalue weighted by Gasteiger charge is -1.85. The van der Waals surface area contributed by atoms with Crippen molar-refractivity contribution in [2.45, 2.75) is 0 Å². The molecule has 2 aromatic heterocycles. The van der Waals surface area contributed by atoms with Crippen LogP contribution < -0.4 is 0 Å². The van der Waals surface area contributed by atoms with Gasteiger partial charge < -0.3 is 10.1 Å². The second-order valence-electron chi connectivity index (χ2n) is 1.72. The highest BCUT2D eigenvalue weighted by molar-refractivity contribution is 7.15. The van der Waals surface area contributed by atoms with Gasteiger partial charge in [0.2, 0.25) is 0 Å². The zero-order valence-electron chi connectivity index (χ0n) is 5.04. The second kappa shape index (κ2) is 1.95. The van der Waals surface area contributed by atoms with E-state index in [0.717, 1.165) is 15.9 Å². The van der Waals surface area contributed by atoms with Crippen LogP contribution in [0, 0.1) is 10.1 Å². The number of aromatic nitrogens is 4. The highest BCUT2D eigenvalue weighted by Crippen LogP contribution is 2.17. The molecule has 0 fully saturated rings. The maximum Gasteiger partial charge on any atom is 0.362 e. The molecule has 0 N–H and O–H groups in total. The second-order valence-corrected chi connectivity index (χ2v) is 2.56. The Hall–Kier alpha value is -1.57. The lowest BCUT2D eigenvalue weighted by Crippen LogP contribution is -1.93. The first-order valence-corrected chi connectivity index (χ1v) is 3.47. The first-order valence-electron chi connectivity index (χ1n) is 2.59. The van der Waals surface area contributed by atoms with Crippen molar-refractivity contribution in [3.63, 3.8) is 0 Å². The Balaban J connectivity index is 2.78. The van der Waals surface area contributed by atoms with Crippen LogP contribution in [0.15, 0.2) is 5.38 Å². The van der Waals surface area contributed by atoms with Gasteiger partial charge in [-0.25, -0.2) is 0 Å². The smallest absolute Gasteiger partial charge is 0.358 e. The minimum absolute atomic E-state index is 0.102. The van der Waals surface area contributed by atoms with Crippen LogP contribution in [0.2, 0.25) is 0 Å². The number of hydrogen-bond acceptors (Lipinski definition) is 6. The van der Waals surface area contributed by atoms with Crippen LogP contribution in [0.5, 0.6) is 0 Å². The molecule has 0 aliphatic rings. The van der Waals surface area contributed by atoms with Crippen molar-refractivity contribution in [1.29, 1.82) is 0 Å². The monoisotopic (exact) mass is 171 g/mol. The lowest BCUT2D eigenvalue weighted by atomic mass is 10.8. The number of tetrazole rings is 1. The number of thiazole rings is 1. The number of nitro groups is 1. The van der Waals surface area contributed by atoms with Gasteiger partial charge in [0.1, 0.15) is 0 Å². The van der Waals surface area contributed by atoms with Crippen LogP contribution in [0.3, 0.4) is 0 Å². The molecule has 0 saturated heterocycles. The van der Waals surface area contributed by atoms with Crippen molar-refractivity contribution >= 4 is 22.1 Å². The summed E-state index contributed by atoms with van der Waals surface area (Å²) in [6, 6.07) is 0. The molecule has 56 valence electrons. The summed E-state index contributed by atoms with van der Waals surface area (Å²) in [5.41, 5.74) is 0. The van der Waals surface area contributed by atoms with Gasteiger partial charge in [-0.15, -0.1) is 0 Å². The molecule has 0 aliphatic carbocycles. The van der Waals surface area contributed by atoms with Crippen molar-refractivity contribution in [3.8, 4) is 0 Å². The van der Waals surface area contributed by atoms with Gasteiger partial charge in [-0.1, -0.05) is 16.4 Å². The Morgan fingerprint density at radius 3 is 3.27 bits per heavy atom. The molecule has 0 atom stereocenters. The Kier molecular flexibility index (Phi) is 1.09. The van der Waals surface area contributed by atoms with Crippen LogP contribution in [0.25, 0.3) is 4.96 Å². The van der Waals surface area contributed by atoms with Crippen molar-refractivity contribution in [2.75, 3.05) is 0 Å². The molecular formula is C3HN5O2S. The highest BCUT2D eigenvalue weighted by Gasteiger charge is 2.16. The van der Waals surface area contributed by atoms with Gasteiger partial charge in [0.25, 0.3) is 0 Å². The van der Waals surface area contributed by atoms with Crippen molar-refractivity contribution in [1.82, 2.24) is 20.0 Å². The average Bonchev–Trinajstić information content (AvgIpc) is 2.41. The first kappa shape index (κ1) is 6.16. The Labute approximate surface area is 63.4 Å². The van der Waals surface area contributed by atoms with Gasteiger partial charge in [-0.05, 0) is 9.44 Å². The summed E-state index contributed by atoms with van der Waals surface area (Å²) in [5.74, 6) is -0.102. The summed E-state index contributed by atoms with van der Waals surface area (Å²) < 4.78 is 1.09. The number of hydrogen-bond donors (Lipinski definition) is 0. The Morgan fingerprint density at radius 1 is 1.73 bits per heavy atom. The standard InChI is InChI=1S/C3HN5O2S/c9-8(10)2-1-11-3-4-5-6-7(2)3/h1H. The number of nitrogens with zero attached hydrogens (tertiary/aromatic N) is 5. The van der Waals surface area contributed by atoms with E-state index in [4.69, 9.17) is 0 Å². The molecule has 0 amide bonds. The maximum absolute atomic E-state index is 10.3. The summed E-state index contributed by atoms with van der Waals surface area (Å²) in [6.07, 6.45) is 0.